The third-order valence-electron chi connectivity index (χ3n) is 11.2. The third kappa shape index (κ3) is 4.73. The molecule has 1 spiro atoms. The van der Waals surface area contributed by atoms with Crippen molar-refractivity contribution < 1.29 is 28.6 Å². The molecule has 49 heavy (non-hydrogen) atoms. The summed E-state index contributed by atoms with van der Waals surface area (Å²) in [5.41, 5.74) is 1.13. The standard InChI is InChI=1S/C40H40FN3O5/c1-24-36(39(2,3)41)33(21-34(46)42-19-9-14-28(42)23-45)49-40(24)30-16-4-5-17-31(30)43(38(40)48)22-25-10-6-13-27(20-25)44-32-18-8-12-26-11-7-15-29(35(26)32)37(44)47/h4-8,10-13,15-18,20,24,28,33,36,45H,9,14,19,21-23H2,1-3H3/t24-,28-,33+,36-,40+/m0/s1. The number of para-hydroxylation sites is 1. The van der Waals surface area contributed by atoms with Gasteiger partial charge in [0.2, 0.25) is 5.91 Å². The van der Waals surface area contributed by atoms with Crippen LogP contribution in [-0.4, -0.2) is 58.7 Å². The Labute approximate surface area is 285 Å². The Bertz CT molecular complexity index is 2000. The smallest absolute Gasteiger partial charge is 0.264 e. The van der Waals surface area contributed by atoms with Gasteiger partial charge in [0, 0.05) is 35.0 Å². The zero-order chi connectivity index (χ0) is 34.2. The fourth-order valence-corrected chi connectivity index (χ4v) is 9.15. The van der Waals surface area contributed by atoms with Crippen LogP contribution in [0, 0.1) is 11.8 Å². The molecule has 0 saturated carbocycles. The molecule has 9 heteroatoms. The van der Waals surface area contributed by atoms with Crippen molar-refractivity contribution in [2.75, 3.05) is 23.0 Å². The minimum Gasteiger partial charge on any atom is -0.394 e. The highest BCUT2D eigenvalue weighted by Crippen LogP contribution is 2.58. The van der Waals surface area contributed by atoms with Crippen LogP contribution in [-0.2, 0) is 26.5 Å². The Hall–Kier alpha value is -4.60. The lowest BCUT2D eigenvalue weighted by atomic mass is 9.71. The number of benzene rings is 4. The van der Waals surface area contributed by atoms with Crippen LogP contribution in [0.3, 0.4) is 0 Å². The summed E-state index contributed by atoms with van der Waals surface area (Å²) in [6.45, 7) is 5.48. The van der Waals surface area contributed by atoms with Crippen LogP contribution in [0.2, 0.25) is 0 Å². The van der Waals surface area contributed by atoms with Gasteiger partial charge in [-0.2, -0.15) is 0 Å². The molecule has 5 atom stereocenters. The second-order valence-electron chi connectivity index (χ2n) is 14.4. The number of carbonyl (C=O) groups excluding carboxylic acids is 3. The molecule has 8 rings (SSSR count). The average molecular weight is 662 g/mol. The van der Waals surface area contributed by atoms with E-state index < -0.39 is 29.2 Å². The first-order chi connectivity index (χ1) is 23.5. The monoisotopic (exact) mass is 661 g/mol. The molecule has 252 valence electrons. The highest BCUT2D eigenvalue weighted by Gasteiger charge is 2.66. The molecule has 4 aromatic carbocycles. The number of rotatable bonds is 7. The zero-order valence-corrected chi connectivity index (χ0v) is 27.9. The van der Waals surface area contributed by atoms with Crippen molar-refractivity contribution in [2.24, 2.45) is 11.8 Å². The van der Waals surface area contributed by atoms with Gasteiger partial charge in [-0.15, -0.1) is 0 Å². The van der Waals surface area contributed by atoms with Crippen LogP contribution in [0.25, 0.3) is 10.8 Å². The number of hydrogen-bond acceptors (Lipinski definition) is 5. The lowest BCUT2D eigenvalue weighted by Gasteiger charge is -2.33. The van der Waals surface area contributed by atoms with Crippen LogP contribution < -0.4 is 9.80 Å². The Balaban J connectivity index is 1.12. The molecule has 1 N–H and O–H groups in total. The van der Waals surface area contributed by atoms with Crippen LogP contribution in [0.15, 0.2) is 84.9 Å². The van der Waals surface area contributed by atoms with E-state index in [9.17, 15) is 19.5 Å². The lowest BCUT2D eigenvalue weighted by Crippen LogP contribution is -2.45. The van der Waals surface area contributed by atoms with Gasteiger partial charge in [-0.3, -0.25) is 19.3 Å². The number of aliphatic hydroxyl groups is 1. The molecule has 8 nitrogen and oxygen atoms in total. The predicted octanol–water partition coefficient (Wildman–Crippen LogP) is 6.65. The predicted molar refractivity (Wildman–Crippen MR) is 185 cm³/mol. The van der Waals surface area contributed by atoms with Crippen molar-refractivity contribution in [3.8, 4) is 0 Å². The fraction of sp³-hybridized carbons (Fsp3) is 0.375. The molecule has 4 aliphatic heterocycles. The van der Waals surface area contributed by atoms with Crippen molar-refractivity contribution in [1.82, 2.24) is 4.90 Å². The van der Waals surface area contributed by atoms with Gasteiger partial charge >= 0.3 is 0 Å². The molecular weight excluding hydrogens is 621 g/mol. The molecule has 0 aromatic heterocycles. The molecule has 3 amide bonds. The normalized spacial score (nSPS) is 26.1. The lowest BCUT2D eigenvalue weighted by molar-refractivity contribution is -0.150. The van der Waals surface area contributed by atoms with Gasteiger partial charge in [0.15, 0.2) is 5.60 Å². The van der Waals surface area contributed by atoms with E-state index >= 15 is 4.39 Å². The zero-order valence-electron chi connectivity index (χ0n) is 27.9. The third-order valence-corrected chi connectivity index (χ3v) is 11.2. The van der Waals surface area contributed by atoms with Gasteiger partial charge < -0.3 is 19.6 Å². The van der Waals surface area contributed by atoms with Crippen molar-refractivity contribution in [3.63, 3.8) is 0 Å². The summed E-state index contributed by atoms with van der Waals surface area (Å²) in [6.07, 6.45) is 0.616. The van der Waals surface area contributed by atoms with Gasteiger partial charge in [-0.25, -0.2) is 4.39 Å². The molecule has 2 fully saturated rings. The quantitative estimate of drug-likeness (QED) is 0.240. The number of nitrogens with zero attached hydrogens (tertiary/aromatic N) is 3. The van der Waals surface area contributed by atoms with Crippen LogP contribution in [0.1, 0.15) is 61.5 Å². The van der Waals surface area contributed by atoms with E-state index in [4.69, 9.17) is 4.74 Å². The van der Waals surface area contributed by atoms with Gasteiger partial charge in [0.1, 0.15) is 5.67 Å². The number of likely N-dealkylation sites (tertiary alicyclic amines) is 1. The van der Waals surface area contributed by atoms with E-state index in [2.05, 4.69) is 0 Å². The maximum absolute atomic E-state index is 16.2. The van der Waals surface area contributed by atoms with E-state index in [1.54, 1.807) is 14.7 Å². The first-order valence-corrected chi connectivity index (χ1v) is 17.2. The molecule has 0 unspecified atom stereocenters. The highest BCUT2D eigenvalue weighted by molar-refractivity contribution is 6.27. The molecule has 2 saturated heterocycles. The number of ether oxygens (including phenoxy) is 1. The number of carbonyl (C=O) groups is 3. The number of aliphatic hydroxyl groups excluding tert-OH is 1. The Morgan fingerprint density at radius 2 is 1.73 bits per heavy atom. The van der Waals surface area contributed by atoms with Crippen molar-refractivity contribution >= 4 is 45.6 Å². The molecule has 0 radical (unpaired) electrons. The largest absolute Gasteiger partial charge is 0.394 e. The number of fused-ring (bicyclic) bond motifs is 2. The Morgan fingerprint density at radius 1 is 1.00 bits per heavy atom. The maximum atomic E-state index is 16.2. The SMILES string of the molecule is C[C@H]1[C@H](C(C)(C)F)[C@@H](CC(=O)N2CCC[C@H]2CO)O[C@]12C(=O)N(Cc1cccc(N3C(=O)c4cccc5cccc3c45)c1)c1ccccc12. The van der Waals surface area contributed by atoms with Crippen molar-refractivity contribution in [1.29, 1.82) is 0 Å². The minimum atomic E-state index is -1.74. The van der Waals surface area contributed by atoms with Crippen molar-refractivity contribution in [3.05, 3.63) is 102 Å². The van der Waals surface area contributed by atoms with Gasteiger partial charge in [0.25, 0.3) is 11.8 Å². The number of anilines is 3. The van der Waals surface area contributed by atoms with E-state index in [-0.39, 0.29) is 43.3 Å². The first-order valence-electron chi connectivity index (χ1n) is 17.2. The van der Waals surface area contributed by atoms with Crippen molar-refractivity contribution in [2.45, 2.75) is 70.0 Å². The van der Waals surface area contributed by atoms with E-state index in [0.29, 0.717) is 29.0 Å². The molecule has 4 aliphatic rings. The maximum Gasteiger partial charge on any atom is 0.264 e. The average Bonchev–Trinajstić information content (AvgIpc) is 3.81. The van der Waals surface area contributed by atoms with Crippen LogP contribution >= 0.6 is 0 Å². The summed E-state index contributed by atoms with van der Waals surface area (Å²) in [4.78, 5) is 47.1. The first kappa shape index (κ1) is 31.7. The minimum absolute atomic E-state index is 0.0723. The Kier molecular flexibility index (Phi) is 7.42. The number of hydrogen-bond donors (Lipinski definition) is 1. The molecular formula is C40H40FN3O5. The van der Waals surface area contributed by atoms with Gasteiger partial charge in [0.05, 0.1) is 48.7 Å². The topological polar surface area (TPSA) is 90.4 Å². The summed E-state index contributed by atoms with van der Waals surface area (Å²) < 4.78 is 22.9. The molecule has 4 heterocycles. The molecule has 4 aromatic rings. The highest BCUT2D eigenvalue weighted by atomic mass is 19.1. The van der Waals surface area contributed by atoms with E-state index in [1.165, 1.54) is 13.8 Å². The summed E-state index contributed by atoms with van der Waals surface area (Å²) >= 11 is 0. The van der Waals surface area contributed by atoms with Gasteiger partial charge in [-0.1, -0.05) is 61.5 Å². The number of halogens is 1. The van der Waals surface area contributed by atoms with E-state index in [0.717, 1.165) is 34.9 Å². The second-order valence-corrected chi connectivity index (χ2v) is 14.4. The molecule has 0 bridgehead atoms. The number of amides is 3. The summed E-state index contributed by atoms with van der Waals surface area (Å²) in [5, 5.41) is 11.8. The summed E-state index contributed by atoms with van der Waals surface area (Å²) in [5.74, 6) is -1.90. The van der Waals surface area contributed by atoms with Crippen LogP contribution in [0.4, 0.5) is 21.5 Å². The van der Waals surface area contributed by atoms with E-state index in [1.807, 2.05) is 91.9 Å². The van der Waals surface area contributed by atoms with Gasteiger partial charge in [-0.05, 0) is 68.0 Å². The number of alkyl halides is 1. The summed E-state index contributed by atoms with van der Waals surface area (Å²) in [7, 11) is 0. The van der Waals surface area contributed by atoms with Crippen LogP contribution in [0.5, 0.6) is 0 Å². The second kappa shape index (κ2) is 11.5. The fourth-order valence-electron chi connectivity index (χ4n) is 9.15. The summed E-state index contributed by atoms with van der Waals surface area (Å²) in [6, 6.07) is 26.5. The Morgan fingerprint density at radius 3 is 2.51 bits per heavy atom. The molecule has 0 aliphatic carbocycles.